The minimum absolute atomic E-state index is 0.255. The summed E-state index contributed by atoms with van der Waals surface area (Å²) in [5.74, 6) is 1.56. The third-order valence-electron chi connectivity index (χ3n) is 4.01. The summed E-state index contributed by atoms with van der Waals surface area (Å²) < 4.78 is 0. The highest BCUT2D eigenvalue weighted by Crippen LogP contribution is 2.38. The smallest absolute Gasteiger partial charge is 0.223 e. The molecule has 2 heterocycles. The normalized spacial score (nSPS) is 18.6. The molecule has 0 aromatic carbocycles. The summed E-state index contributed by atoms with van der Waals surface area (Å²) in [7, 11) is 0. The van der Waals surface area contributed by atoms with Gasteiger partial charge in [0.25, 0.3) is 0 Å². The van der Waals surface area contributed by atoms with Crippen LogP contribution in [0.1, 0.15) is 33.1 Å². The Morgan fingerprint density at radius 3 is 2.53 bits per heavy atom. The van der Waals surface area contributed by atoms with Crippen LogP contribution in [-0.2, 0) is 0 Å². The van der Waals surface area contributed by atoms with E-state index in [-0.39, 0.29) is 5.95 Å². The van der Waals surface area contributed by atoms with E-state index in [1.807, 2.05) is 0 Å². The fourth-order valence-corrected chi connectivity index (χ4v) is 2.59. The van der Waals surface area contributed by atoms with E-state index in [0.717, 1.165) is 18.9 Å². The molecule has 0 radical (unpaired) electrons. The Bertz CT molecular complexity index is 380. The highest BCUT2D eigenvalue weighted by molar-refractivity contribution is 5.51. The maximum atomic E-state index is 5.70. The van der Waals surface area contributed by atoms with Crippen LogP contribution in [0.4, 0.5) is 17.6 Å². The van der Waals surface area contributed by atoms with Crippen molar-refractivity contribution >= 4 is 17.6 Å². The zero-order valence-corrected chi connectivity index (χ0v) is 10.6. The third kappa shape index (κ3) is 2.28. The summed E-state index contributed by atoms with van der Waals surface area (Å²) in [6.07, 6.45) is 3.62. The Kier molecular flexibility index (Phi) is 3.09. The molecule has 5 heteroatoms. The van der Waals surface area contributed by atoms with E-state index in [1.54, 1.807) is 6.07 Å². The summed E-state index contributed by atoms with van der Waals surface area (Å²) >= 11 is 0. The predicted octanol–water partition coefficient (Wildman–Crippen LogP) is 1.66. The molecule has 0 bridgehead atoms. The Hall–Kier alpha value is -1.52. The molecule has 0 spiro atoms. The van der Waals surface area contributed by atoms with E-state index in [2.05, 4.69) is 28.7 Å². The van der Waals surface area contributed by atoms with Crippen molar-refractivity contribution in [2.24, 2.45) is 5.41 Å². The van der Waals surface area contributed by atoms with Gasteiger partial charge in [0.15, 0.2) is 0 Å². The van der Waals surface area contributed by atoms with Crippen molar-refractivity contribution in [3.05, 3.63) is 6.07 Å². The summed E-state index contributed by atoms with van der Waals surface area (Å²) in [6, 6.07) is 1.80. The largest absolute Gasteiger partial charge is 0.383 e. The van der Waals surface area contributed by atoms with Gasteiger partial charge in [-0.15, -0.1) is 0 Å². The lowest BCUT2D eigenvalue weighted by Gasteiger charge is -2.26. The van der Waals surface area contributed by atoms with E-state index < -0.39 is 0 Å². The first-order chi connectivity index (χ1) is 8.08. The first kappa shape index (κ1) is 12.0. The van der Waals surface area contributed by atoms with E-state index in [4.69, 9.17) is 11.5 Å². The molecule has 0 unspecified atom stereocenters. The van der Waals surface area contributed by atoms with Crippen molar-refractivity contribution in [2.45, 2.75) is 33.1 Å². The van der Waals surface area contributed by atoms with Crippen molar-refractivity contribution in [3.63, 3.8) is 0 Å². The molecular weight excluding hydrogens is 214 g/mol. The van der Waals surface area contributed by atoms with Crippen LogP contribution in [0.5, 0.6) is 0 Å². The van der Waals surface area contributed by atoms with Gasteiger partial charge in [-0.2, -0.15) is 9.97 Å². The van der Waals surface area contributed by atoms with Gasteiger partial charge in [-0.25, -0.2) is 0 Å². The molecule has 1 aromatic heterocycles. The number of nitrogen functional groups attached to an aromatic ring is 2. The lowest BCUT2D eigenvalue weighted by Crippen LogP contribution is -2.27. The highest BCUT2D eigenvalue weighted by Gasteiger charge is 2.35. The number of anilines is 3. The molecular formula is C12H21N5. The molecule has 4 N–H and O–H groups in total. The first-order valence-electron chi connectivity index (χ1n) is 6.23. The summed E-state index contributed by atoms with van der Waals surface area (Å²) in [5.41, 5.74) is 11.8. The zero-order chi connectivity index (χ0) is 12.5. The van der Waals surface area contributed by atoms with Gasteiger partial charge in [0.05, 0.1) is 0 Å². The number of nitrogens with two attached hydrogens (primary N) is 2. The van der Waals surface area contributed by atoms with Crippen LogP contribution in [0.25, 0.3) is 0 Å². The van der Waals surface area contributed by atoms with E-state index in [1.165, 1.54) is 19.3 Å². The molecule has 0 amide bonds. The van der Waals surface area contributed by atoms with Crippen LogP contribution in [0.3, 0.4) is 0 Å². The fourth-order valence-electron chi connectivity index (χ4n) is 2.59. The molecule has 0 saturated carbocycles. The maximum absolute atomic E-state index is 5.70. The Labute approximate surface area is 102 Å². The van der Waals surface area contributed by atoms with Crippen molar-refractivity contribution in [1.29, 1.82) is 0 Å². The first-order valence-corrected chi connectivity index (χ1v) is 6.23. The van der Waals surface area contributed by atoms with Gasteiger partial charge in [0, 0.05) is 19.2 Å². The molecule has 1 fully saturated rings. The molecule has 1 aromatic rings. The Morgan fingerprint density at radius 1 is 1.29 bits per heavy atom. The number of nitrogens with zero attached hydrogens (tertiary/aromatic N) is 3. The van der Waals surface area contributed by atoms with Gasteiger partial charge in [-0.1, -0.05) is 13.8 Å². The molecule has 1 aliphatic rings. The van der Waals surface area contributed by atoms with Crippen LogP contribution in [0, 0.1) is 5.41 Å². The van der Waals surface area contributed by atoms with Crippen LogP contribution in [-0.4, -0.2) is 23.1 Å². The zero-order valence-electron chi connectivity index (χ0n) is 10.6. The van der Waals surface area contributed by atoms with Gasteiger partial charge in [0.1, 0.15) is 11.6 Å². The maximum Gasteiger partial charge on any atom is 0.223 e. The molecule has 5 nitrogen and oxygen atoms in total. The standard InChI is InChI=1S/C12H21N5/c1-3-12(4-2)5-6-17(8-12)10-7-9(13)15-11(14)16-10/h7H,3-6,8H2,1-2H3,(H4,13,14,15,16). The van der Waals surface area contributed by atoms with Gasteiger partial charge >= 0.3 is 0 Å². The van der Waals surface area contributed by atoms with Gasteiger partial charge in [0.2, 0.25) is 5.95 Å². The van der Waals surface area contributed by atoms with Crippen LogP contribution in [0.15, 0.2) is 6.07 Å². The van der Waals surface area contributed by atoms with Crippen molar-refractivity contribution in [2.75, 3.05) is 29.5 Å². The summed E-state index contributed by atoms with van der Waals surface area (Å²) in [4.78, 5) is 10.4. The molecule has 1 saturated heterocycles. The Balaban J connectivity index is 2.20. The molecule has 0 aliphatic carbocycles. The SMILES string of the molecule is CCC1(CC)CCN(c2cc(N)nc(N)n2)C1. The molecule has 2 rings (SSSR count). The third-order valence-corrected chi connectivity index (χ3v) is 4.01. The molecule has 94 valence electrons. The number of rotatable bonds is 3. The van der Waals surface area contributed by atoms with Gasteiger partial charge in [-0.3, -0.25) is 0 Å². The van der Waals surface area contributed by atoms with Gasteiger partial charge < -0.3 is 16.4 Å². The predicted molar refractivity (Wildman–Crippen MR) is 70.7 cm³/mol. The number of aromatic nitrogens is 2. The van der Waals surface area contributed by atoms with E-state index >= 15 is 0 Å². The fraction of sp³-hybridized carbons (Fsp3) is 0.667. The second kappa shape index (κ2) is 4.39. The van der Waals surface area contributed by atoms with E-state index in [9.17, 15) is 0 Å². The van der Waals surface area contributed by atoms with Crippen LogP contribution >= 0.6 is 0 Å². The number of hydrogen-bond acceptors (Lipinski definition) is 5. The topological polar surface area (TPSA) is 81.1 Å². The second-order valence-corrected chi connectivity index (χ2v) is 4.89. The highest BCUT2D eigenvalue weighted by atomic mass is 15.2. The summed E-state index contributed by atoms with van der Waals surface area (Å²) in [5, 5.41) is 0. The van der Waals surface area contributed by atoms with Crippen molar-refractivity contribution in [3.8, 4) is 0 Å². The van der Waals surface area contributed by atoms with E-state index in [0.29, 0.717) is 11.2 Å². The lowest BCUT2D eigenvalue weighted by molar-refractivity contribution is 0.301. The van der Waals surface area contributed by atoms with Crippen LogP contribution < -0.4 is 16.4 Å². The van der Waals surface area contributed by atoms with Crippen molar-refractivity contribution < 1.29 is 0 Å². The molecule has 17 heavy (non-hydrogen) atoms. The van der Waals surface area contributed by atoms with Crippen molar-refractivity contribution in [1.82, 2.24) is 9.97 Å². The Morgan fingerprint density at radius 2 is 2.00 bits per heavy atom. The summed E-state index contributed by atoms with van der Waals surface area (Å²) in [6.45, 7) is 6.58. The second-order valence-electron chi connectivity index (χ2n) is 4.89. The minimum Gasteiger partial charge on any atom is -0.383 e. The monoisotopic (exact) mass is 235 g/mol. The average Bonchev–Trinajstić information content (AvgIpc) is 2.73. The van der Waals surface area contributed by atoms with Crippen LogP contribution in [0.2, 0.25) is 0 Å². The lowest BCUT2D eigenvalue weighted by atomic mass is 9.82. The molecule has 0 atom stereocenters. The molecule has 1 aliphatic heterocycles. The quantitative estimate of drug-likeness (QED) is 0.832. The number of hydrogen-bond donors (Lipinski definition) is 2. The minimum atomic E-state index is 0.255. The van der Waals surface area contributed by atoms with Gasteiger partial charge in [-0.05, 0) is 24.7 Å². The average molecular weight is 235 g/mol.